The molecule has 0 aromatic heterocycles. The standard InChI is InChI=1S/C15H24N2O/c1-12(2)14-4-8-17(9-5-14)15-6-10-16(11-7-15)13(3)18/h4-5,8,12,15H,6-7,9-11H2,1-3H3. The zero-order valence-electron chi connectivity index (χ0n) is 11.7. The van der Waals surface area contributed by atoms with Crippen molar-refractivity contribution in [1.29, 1.82) is 0 Å². The van der Waals surface area contributed by atoms with E-state index in [1.165, 1.54) is 5.57 Å². The van der Waals surface area contributed by atoms with Crippen LogP contribution in [0.15, 0.2) is 23.9 Å². The Labute approximate surface area is 110 Å². The van der Waals surface area contributed by atoms with Crippen molar-refractivity contribution in [3.63, 3.8) is 0 Å². The van der Waals surface area contributed by atoms with Gasteiger partial charge >= 0.3 is 0 Å². The molecule has 0 spiro atoms. The summed E-state index contributed by atoms with van der Waals surface area (Å²) in [5, 5.41) is 0. The zero-order chi connectivity index (χ0) is 13.1. The number of hydrogen-bond donors (Lipinski definition) is 0. The molecule has 100 valence electrons. The number of carbonyl (C=O) groups is 1. The van der Waals surface area contributed by atoms with E-state index in [0.29, 0.717) is 12.0 Å². The first-order valence-corrected chi connectivity index (χ1v) is 6.97. The first-order valence-electron chi connectivity index (χ1n) is 6.97. The lowest BCUT2D eigenvalue weighted by molar-refractivity contribution is -0.130. The number of amides is 1. The van der Waals surface area contributed by atoms with Crippen LogP contribution in [0.3, 0.4) is 0 Å². The van der Waals surface area contributed by atoms with Gasteiger partial charge in [-0.25, -0.2) is 0 Å². The van der Waals surface area contributed by atoms with E-state index in [4.69, 9.17) is 0 Å². The monoisotopic (exact) mass is 248 g/mol. The van der Waals surface area contributed by atoms with Crippen molar-refractivity contribution in [2.75, 3.05) is 19.6 Å². The fraction of sp³-hybridized carbons (Fsp3) is 0.667. The van der Waals surface area contributed by atoms with E-state index in [0.717, 1.165) is 32.5 Å². The van der Waals surface area contributed by atoms with Crippen molar-refractivity contribution >= 4 is 5.91 Å². The highest BCUT2D eigenvalue weighted by atomic mass is 16.2. The van der Waals surface area contributed by atoms with E-state index in [9.17, 15) is 4.79 Å². The predicted octanol–water partition coefficient (Wildman–Crippen LogP) is 2.41. The third-order valence-corrected chi connectivity index (χ3v) is 4.04. The normalized spacial score (nSPS) is 21.4. The summed E-state index contributed by atoms with van der Waals surface area (Å²) in [5.41, 5.74) is 1.44. The summed E-state index contributed by atoms with van der Waals surface area (Å²) in [6.07, 6.45) is 9.00. The van der Waals surface area contributed by atoms with Crippen LogP contribution in [-0.2, 0) is 4.79 Å². The largest absolute Gasteiger partial charge is 0.371 e. The lowest BCUT2D eigenvalue weighted by Crippen LogP contribution is -2.45. The van der Waals surface area contributed by atoms with Crippen molar-refractivity contribution in [3.8, 4) is 0 Å². The minimum atomic E-state index is 0.213. The Balaban J connectivity index is 1.86. The predicted molar refractivity (Wildman–Crippen MR) is 74.0 cm³/mol. The highest BCUT2D eigenvalue weighted by molar-refractivity contribution is 5.73. The Morgan fingerprint density at radius 1 is 1.33 bits per heavy atom. The van der Waals surface area contributed by atoms with Gasteiger partial charge in [0.15, 0.2) is 0 Å². The van der Waals surface area contributed by atoms with Crippen molar-refractivity contribution in [1.82, 2.24) is 9.80 Å². The van der Waals surface area contributed by atoms with Crippen LogP contribution in [0.1, 0.15) is 33.6 Å². The van der Waals surface area contributed by atoms with Crippen molar-refractivity contribution in [2.45, 2.75) is 39.7 Å². The van der Waals surface area contributed by atoms with Crippen LogP contribution in [0.2, 0.25) is 0 Å². The molecule has 18 heavy (non-hydrogen) atoms. The molecule has 1 saturated heterocycles. The van der Waals surface area contributed by atoms with E-state index < -0.39 is 0 Å². The quantitative estimate of drug-likeness (QED) is 0.749. The second-order valence-corrected chi connectivity index (χ2v) is 5.61. The number of rotatable bonds is 2. The Morgan fingerprint density at radius 2 is 2.00 bits per heavy atom. The second kappa shape index (κ2) is 5.59. The minimum absolute atomic E-state index is 0.213. The Bertz CT molecular complexity index is 363. The first kappa shape index (κ1) is 13.2. The van der Waals surface area contributed by atoms with Gasteiger partial charge in [-0.1, -0.05) is 19.9 Å². The van der Waals surface area contributed by atoms with Crippen molar-refractivity contribution < 1.29 is 4.79 Å². The molecule has 0 radical (unpaired) electrons. The molecule has 0 bridgehead atoms. The SMILES string of the molecule is CC(=O)N1CCC(N2C=CC(C(C)C)=CC2)CC1. The van der Waals surface area contributed by atoms with Gasteiger partial charge in [-0.3, -0.25) is 4.79 Å². The molecule has 0 unspecified atom stereocenters. The summed E-state index contributed by atoms with van der Waals surface area (Å²) in [4.78, 5) is 15.7. The molecule has 0 atom stereocenters. The van der Waals surface area contributed by atoms with E-state index in [1.807, 2.05) is 4.90 Å². The van der Waals surface area contributed by atoms with Gasteiger partial charge in [0.2, 0.25) is 5.91 Å². The molecule has 0 saturated carbocycles. The Morgan fingerprint density at radius 3 is 2.44 bits per heavy atom. The molecule has 2 rings (SSSR count). The fourth-order valence-electron chi connectivity index (χ4n) is 2.73. The van der Waals surface area contributed by atoms with Gasteiger partial charge in [0, 0.05) is 32.6 Å². The average molecular weight is 248 g/mol. The molecule has 0 N–H and O–H groups in total. The van der Waals surface area contributed by atoms with Gasteiger partial charge in [-0.15, -0.1) is 0 Å². The van der Waals surface area contributed by atoms with Crippen LogP contribution in [0.5, 0.6) is 0 Å². The van der Waals surface area contributed by atoms with Crippen molar-refractivity contribution in [2.24, 2.45) is 5.92 Å². The number of piperidine rings is 1. The van der Waals surface area contributed by atoms with E-state index in [-0.39, 0.29) is 5.91 Å². The molecule has 0 aliphatic carbocycles. The summed E-state index contributed by atoms with van der Waals surface area (Å²) >= 11 is 0. The number of hydrogen-bond acceptors (Lipinski definition) is 2. The van der Waals surface area contributed by atoms with E-state index in [2.05, 4.69) is 37.1 Å². The van der Waals surface area contributed by atoms with E-state index in [1.54, 1.807) is 6.92 Å². The van der Waals surface area contributed by atoms with Gasteiger partial charge in [0.05, 0.1) is 0 Å². The molecule has 3 heteroatoms. The highest BCUT2D eigenvalue weighted by Crippen LogP contribution is 2.22. The smallest absolute Gasteiger partial charge is 0.219 e. The minimum Gasteiger partial charge on any atom is -0.371 e. The molecule has 2 heterocycles. The van der Waals surface area contributed by atoms with Crippen LogP contribution in [0, 0.1) is 5.92 Å². The summed E-state index contributed by atoms with van der Waals surface area (Å²) in [6.45, 7) is 8.97. The summed E-state index contributed by atoms with van der Waals surface area (Å²) in [5.74, 6) is 0.826. The maximum Gasteiger partial charge on any atom is 0.219 e. The third-order valence-electron chi connectivity index (χ3n) is 4.04. The van der Waals surface area contributed by atoms with Gasteiger partial charge < -0.3 is 9.80 Å². The van der Waals surface area contributed by atoms with Crippen LogP contribution in [0.4, 0.5) is 0 Å². The molecular formula is C15H24N2O. The Kier molecular flexibility index (Phi) is 4.10. The topological polar surface area (TPSA) is 23.6 Å². The molecule has 1 amide bonds. The average Bonchev–Trinajstić information content (AvgIpc) is 2.39. The van der Waals surface area contributed by atoms with Gasteiger partial charge in [0.1, 0.15) is 0 Å². The maximum absolute atomic E-state index is 11.3. The summed E-state index contributed by atoms with van der Waals surface area (Å²) < 4.78 is 0. The van der Waals surface area contributed by atoms with Crippen LogP contribution in [-0.4, -0.2) is 41.4 Å². The summed E-state index contributed by atoms with van der Waals surface area (Å²) in [6, 6.07) is 0.599. The van der Waals surface area contributed by atoms with Crippen LogP contribution in [0.25, 0.3) is 0 Å². The number of likely N-dealkylation sites (tertiary alicyclic amines) is 1. The molecule has 0 aromatic rings. The lowest BCUT2D eigenvalue weighted by Gasteiger charge is -2.38. The molecule has 3 nitrogen and oxygen atoms in total. The first-order chi connectivity index (χ1) is 8.58. The lowest BCUT2D eigenvalue weighted by atomic mass is 9.98. The molecule has 2 aliphatic heterocycles. The third kappa shape index (κ3) is 2.95. The number of allylic oxidation sites excluding steroid dienone is 2. The Hall–Kier alpha value is -1.25. The van der Waals surface area contributed by atoms with Crippen LogP contribution < -0.4 is 0 Å². The maximum atomic E-state index is 11.3. The molecule has 1 fully saturated rings. The van der Waals surface area contributed by atoms with E-state index >= 15 is 0 Å². The fourth-order valence-corrected chi connectivity index (χ4v) is 2.73. The summed E-state index contributed by atoms with van der Waals surface area (Å²) in [7, 11) is 0. The molecule has 2 aliphatic rings. The van der Waals surface area contributed by atoms with Gasteiger partial charge in [-0.05, 0) is 36.6 Å². The molecule has 0 aromatic carbocycles. The van der Waals surface area contributed by atoms with Gasteiger partial charge in [-0.2, -0.15) is 0 Å². The second-order valence-electron chi connectivity index (χ2n) is 5.61. The van der Waals surface area contributed by atoms with Gasteiger partial charge in [0.25, 0.3) is 0 Å². The number of nitrogens with zero attached hydrogens (tertiary/aromatic N) is 2. The van der Waals surface area contributed by atoms with Crippen molar-refractivity contribution in [3.05, 3.63) is 23.9 Å². The zero-order valence-corrected chi connectivity index (χ0v) is 11.7. The number of carbonyl (C=O) groups excluding carboxylic acids is 1. The highest BCUT2D eigenvalue weighted by Gasteiger charge is 2.24. The molecular weight excluding hydrogens is 224 g/mol. The van der Waals surface area contributed by atoms with Crippen LogP contribution >= 0.6 is 0 Å².